The first-order valence-corrected chi connectivity index (χ1v) is 5.76. The van der Waals surface area contributed by atoms with E-state index in [0.29, 0.717) is 0 Å². The van der Waals surface area contributed by atoms with Crippen molar-refractivity contribution < 1.29 is 29.4 Å². The van der Waals surface area contributed by atoms with E-state index in [0.717, 1.165) is 0 Å². The Kier molecular flexibility index (Phi) is 4.06. The van der Waals surface area contributed by atoms with Crippen molar-refractivity contribution in [3.63, 3.8) is 0 Å². The summed E-state index contributed by atoms with van der Waals surface area (Å²) in [6.07, 6.45) is -0.838. The Morgan fingerprint density at radius 3 is 2.00 bits per heavy atom. The number of carbonyl (C=O) groups excluding carboxylic acids is 2. The second-order valence-corrected chi connectivity index (χ2v) is 4.67. The van der Waals surface area contributed by atoms with E-state index in [9.17, 15) is 19.2 Å². The number of carboxylic acids is 2. The molecule has 1 fully saturated rings. The third-order valence-corrected chi connectivity index (χ3v) is 3.53. The average molecular weight is 272 g/mol. The summed E-state index contributed by atoms with van der Waals surface area (Å²) in [6, 6.07) is 0. The van der Waals surface area contributed by atoms with Crippen LogP contribution >= 0.6 is 0 Å². The molecule has 0 aromatic heterocycles. The first-order valence-electron chi connectivity index (χ1n) is 5.76. The fourth-order valence-corrected chi connectivity index (χ4v) is 2.44. The van der Waals surface area contributed by atoms with Crippen LogP contribution in [0.2, 0.25) is 0 Å². The van der Waals surface area contributed by atoms with Crippen molar-refractivity contribution in [2.24, 2.45) is 16.9 Å². The number of carbonyl (C=O) groups is 4. The van der Waals surface area contributed by atoms with Gasteiger partial charge in [-0.1, -0.05) is 0 Å². The molecule has 0 aromatic carbocycles. The maximum Gasteiger partial charge on any atom is 0.340 e. The van der Waals surface area contributed by atoms with E-state index < -0.39 is 34.6 Å². The van der Waals surface area contributed by atoms with Gasteiger partial charge in [0.2, 0.25) is 0 Å². The predicted octanol–water partition coefficient (Wildman–Crippen LogP) is -1.14. The highest BCUT2D eigenvalue weighted by atomic mass is 16.4. The molecule has 6 N–H and O–H groups in total. The summed E-state index contributed by atoms with van der Waals surface area (Å²) in [5.74, 6) is -4.03. The molecule has 1 aliphatic rings. The molecule has 1 rings (SSSR count). The number of hydrogen-bond donors (Lipinski definition) is 4. The standard InChI is InChI=1S/C11H16N2O6/c12-11(13,9(18)19)10(5-1-2-8(16)17)6(14)3-4-7(10)15/h1-5,12-13H2,(H,16,17)(H,18,19). The van der Waals surface area contributed by atoms with Crippen LogP contribution in [0.3, 0.4) is 0 Å². The molecular formula is C11H16N2O6. The van der Waals surface area contributed by atoms with E-state index in [1.165, 1.54) is 0 Å². The molecule has 0 saturated heterocycles. The number of rotatable bonds is 6. The number of carboxylic acid groups (broad SMARTS) is 2. The van der Waals surface area contributed by atoms with Gasteiger partial charge in [0.1, 0.15) is 5.41 Å². The molecule has 19 heavy (non-hydrogen) atoms. The lowest BCUT2D eigenvalue weighted by Crippen LogP contribution is -2.71. The lowest BCUT2D eigenvalue weighted by atomic mass is 9.69. The van der Waals surface area contributed by atoms with Crippen molar-refractivity contribution in [2.75, 3.05) is 0 Å². The first-order chi connectivity index (χ1) is 8.66. The molecule has 8 nitrogen and oxygen atoms in total. The number of aliphatic carboxylic acids is 2. The van der Waals surface area contributed by atoms with Gasteiger partial charge in [-0.2, -0.15) is 0 Å². The first kappa shape index (κ1) is 15.3. The van der Waals surface area contributed by atoms with E-state index in [2.05, 4.69) is 0 Å². The average Bonchev–Trinajstić information content (AvgIpc) is 2.57. The van der Waals surface area contributed by atoms with Gasteiger partial charge in [0.25, 0.3) is 0 Å². The van der Waals surface area contributed by atoms with Crippen LogP contribution in [0.4, 0.5) is 0 Å². The van der Waals surface area contributed by atoms with Gasteiger partial charge in [0, 0.05) is 19.3 Å². The van der Waals surface area contributed by atoms with E-state index >= 15 is 0 Å². The molecule has 0 amide bonds. The SMILES string of the molecule is NC(N)(C(=O)O)C1(CCCC(=O)O)C(=O)CCC1=O. The van der Waals surface area contributed by atoms with E-state index in [4.69, 9.17) is 21.7 Å². The van der Waals surface area contributed by atoms with Crippen LogP contribution in [0, 0.1) is 5.41 Å². The zero-order valence-electron chi connectivity index (χ0n) is 10.2. The highest BCUT2D eigenvalue weighted by Gasteiger charge is 2.63. The molecule has 106 valence electrons. The normalized spacial score (nSPS) is 18.6. The van der Waals surface area contributed by atoms with Crippen LogP contribution in [0.1, 0.15) is 32.1 Å². The minimum absolute atomic E-state index is 0.0454. The molecule has 0 spiro atoms. The lowest BCUT2D eigenvalue weighted by Gasteiger charge is -2.37. The van der Waals surface area contributed by atoms with Crippen LogP contribution in [0.25, 0.3) is 0 Å². The van der Waals surface area contributed by atoms with Gasteiger partial charge in [0.15, 0.2) is 17.2 Å². The number of ketones is 2. The number of Topliss-reactive ketones (excluding diaryl/α,β-unsaturated/α-hetero) is 2. The molecule has 0 atom stereocenters. The second-order valence-electron chi connectivity index (χ2n) is 4.67. The summed E-state index contributed by atoms with van der Waals surface area (Å²) < 4.78 is 0. The molecule has 0 aromatic rings. The summed E-state index contributed by atoms with van der Waals surface area (Å²) >= 11 is 0. The van der Waals surface area contributed by atoms with E-state index in [1.807, 2.05) is 0 Å². The Morgan fingerprint density at radius 2 is 1.63 bits per heavy atom. The van der Waals surface area contributed by atoms with Crippen LogP contribution in [0.15, 0.2) is 0 Å². The minimum atomic E-state index is -2.52. The third-order valence-electron chi connectivity index (χ3n) is 3.53. The molecule has 1 aliphatic carbocycles. The van der Waals surface area contributed by atoms with Crippen LogP contribution < -0.4 is 11.5 Å². The highest BCUT2D eigenvalue weighted by Crippen LogP contribution is 2.42. The Morgan fingerprint density at radius 1 is 1.16 bits per heavy atom. The van der Waals surface area contributed by atoms with Gasteiger partial charge < -0.3 is 21.7 Å². The van der Waals surface area contributed by atoms with Crippen LogP contribution in [0.5, 0.6) is 0 Å². The maximum absolute atomic E-state index is 11.9. The predicted molar refractivity (Wildman–Crippen MR) is 61.9 cm³/mol. The largest absolute Gasteiger partial charge is 0.481 e. The van der Waals surface area contributed by atoms with Gasteiger partial charge in [0.05, 0.1) is 0 Å². The lowest BCUT2D eigenvalue weighted by molar-refractivity contribution is -0.158. The van der Waals surface area contributed by atoms with Crippen molar-refractivity contribution in [2.45, 2.75) is 37.8 Å². The molecular weight excluding hydrogens is 256 g/mol. The zero-order chi connectivity index (χ0) is 14.8. The smallest absolute Gasteiger partial charge is 0.340 e. The zero-order valence-corrected chi connectivity index (χ0v) is 10.2. The monoisotopic (exact) mass is 272 g/mol. The van der Waals surface area contributed by atoms with E-state index in [-0.39, 0.29) is 32.1 Å². The molecule has 1 saturated carbocycles. The molecule has 0 unspecified atom stereocenters. The summed E-state index contributed by atoms with van der Waals surface area (Å²) in [7, 11) is 0. The van der Waals surface area contributed by atoms with Crippen molar-refractivity contribution >= 4 is 23.5 Å². The molecule has 0 heterocycles. The second kappa shape index (κ2) is 5.06. The third kappa shape index (κ3) is 2.36. The van der Waals surface area contributed by atoms with Gasteiger partial charge >= 0.3 is 11.9 Å². The summed E-state index contributed by atoms with van der Waals surface area (Å²) in [4.78, 5) is 45.5. The van der Waals surface area contributed by atoms with E-state index in [1.54, 1.807) is 0 Å². The summed E-state index contributed by atoms with van der Waals surface area (Å²) in [5, 5.41) is 17.6. The van der Waals surface area contributed by atoms with Crippen LogP contribution in [-0.2, 0) is 19.2 Å². The minimum Gasteiger partial charge on any atom is -0.481 e. The Hall–Kier alpha value is -1.80. The quantitative estimate of drug-likeness (QED) is 0.348. The van der Waals surface area contributed by atoms with Gasteiger partial charge in [-0.3, -0.25) is 14.4 Å². The Balaban J connectivity index is 3.11. The van der Waals surface area contributed by atoms with Crippen molar-refractivity contribution in [1.82, 2.24) is 0 Å². The van der Waals surface area contributed by atoms with Gasteiger partial charge in [-0.25, -0.2) is 4.79 Å². The van der Waals surface area contributed by atoms with Crippen molar-refractivity contribution in [3.8, 4) is 0 Å². The molecule has 0 radical (unpaired) electrons. The Labute approximate surface area is 108 Å². The van der Waals surface area contributed by atoms with Gasteiger partial charge in [-0.05, 0) is 12.8 Å². The fraction of sp³-hybridized carbons (Fsp3) is 0.636. The van der Waals surface area contributed by atoms with Gasteiger partial charge in [-0.15, -0.1) is 0 Å². The Bertz CT molecular complexity index is 426. The summed E-state index contributed by atoms with van der Waals surface area (Å²) in [6.45, 7) is 0. The highest BCUT2D eigenvalue weighted by molar-refractivity contribution is 6.17. The molecule has 0 bridgehead atoms. The number of nitrogens with two attached hydrogens (primary N) is 2. The van der Waals surface area contributed by atoms with Crippen molar-refractivity contribution in [1.29, 1.82) is 0 Å². The topological polar surface area (TPSA) is 161 Å². The summed E-state index contributed by atoms with van der Waals surface area (Å²) in [5.41, 5.74) is 6.44. The fourth-order valence-electron chi connectivity index (χ4n) is 2.44. The number of hydrogen-bond acceptors (Lipinski definition) is 6. The molecule has 8 heteroatoms. The molecule has 0 aliphatic heterocycles. The van der Waals surface area contributed by atoms with Crippen molar-refractivity contribution in [3.05, 3.63) is 0 Å². The maximum atomic E-state index is 11.9. The van der Waals surface area contributed by atoms with Crippen LogP contribution in [-0.4, -0.2) is 39.4 Å².